The number of fused-ring (bicyclic) bond motifs is 1. The first-order chi connectivity index (χ1) is 11.0. The third-order valence-corrected chi connectivity index (χ3v) is 4.88. The maximum atomic E-state index is 12.5. The molecule has 23 heavy (non-hydrogen) atoms. The van der Waals surface area contributed by atoms with Crippen molar-refractivity contribution in [3.05, 3.63) is 39.6 Å². The maximum Gasteiger partial charge on any atom is 0.332 e. The molecule has 0 N–H and O–H groups in total. The summed E-state index contributed by atoms with van der Waals surface area (Å²) in [7, 11) is 5.32. The number of nitrogens with zero attached hydrogens (tertiary/aromatic N) is 6. The normalized spacial score (nSPS) is 11.4. The SMILES string of the molecule is Cn1ccnc1SCCCn1c(=O)c2c(ncn2C)n(C)c1=O. The highest BCUT2D eigenvalue weighted by Gasteiger charge is 2.14. The van der Waals surface area contributed by atoms with Gasteiger partial charge in [-0.1, -0.05) is 11.8 Å². The summed E-state index contributed by atoms with van der Waals surface area (Å²) in [5, 5.41) is 0.923. The molecule has 0 radical (unpaired) electrons. The number of aromatic nitrogens is 6. The first-order valence-electron chi connectivity index (χ1n) is 7.21. The monoisotopic (exact) mass is 334 g/mol. The third-order valence-electron chi connectivity index (χ3n) is 3.74. The minimum atomic E-state index is -0.330. The Kier molecular flexibility index (Phi) is 4.12. The summed E-state index contributed by atoms with van der Waals surface area (Å²) in [6.45, 7) is 0.379. The second kappa shape index (κ2) is 6.07. The average Bonchev–Trinajstić information content (AvgIpc) is 3.10. The van der Waals surface area contributed by atoms with Crippen molar-refractivity contribution >= 4 is 22.9 Å². The Morgan fingerprint density at radius 1 is 1.13 bits per heavy atom. The molecular weight excluding hydrogens is 316 g/mol. The number of rotatable bonds is 5. The molecule has 3 heterocycles. The van der Waals surface area contributed by atoms with E-state index in [1.165, 1.54) is 9.13 Å². The zero-order chi connectivity index (χ0) is 16.6. The molecule has 3 aromatic heterocycles. The van der Waals surface area contributed by atoms with Crippen molar-refractivity contribution in [2.24, 2.45) is 21.1 Å². The Bertz CT molecular complexity index is 964. The number of aryl methyl sites for hydroxylation is 3. The molecule has 0 aromatic carbocycles. The van der Waals surface area contributed by atoms with Crippen LogP contribution in [0.4, 0.5) is 0 Å². The summed E-state index contributed by atoms with van der Waals surface area (Å²) < 4.78 is 6.29. The Morgan fingerprint density at radius 3 is 2.61 bits per heavy atom. The predicted molar refractivity (Wildman–Crippen MR) is 88.8 cm³/mol. The largest absolute Gasteiger partial charge is 0.332 e. The molecule has 0 saturated heterocycles. The number of hydrogen-bond acceptors (Lipinski definition) is 5. The molecule has 0 aliphatic carbocycles. The van der Waals surface area contributed by atoms with Crippen LogP contribution < -0.4 is 11.2 Å². The predicted octanol–water partition coefficient (Wildman–Crippen LogP) is 0.350. The topological polar surface area (TPSA) is 79.6 Å². The van der Waals surface area contributed by atoms with Crippen molar-refractivity contribution in [1.82, 2.24) is 28.2 Å². The van der Waals surface area contributed by atoms with Crippen molar-refractivity contribution in [3.63, 3.8) is 0 Å². The molecule has 8 nitrogen and oxygen atoms in total. The van der Waals surface area contributed by atoms with Gasteiger partial charge in [0.1, 0.15) is 0 Å². The van der Waals surface area contributed by atoms with Gasteiger partial charge in [0.2, 0.25) is 0 Å². The van der Waals surface area contributed by atoms with Gasteiger partial charge in [0.25, 0.3) is 5.56 Å². The van der Waals surface area contributed by atoms with Gasteiger partial charge in [-0.15, -0.1) is 0 Å². The van der Waals surface area contributed by atoms with Crippen LogP contribution in [0.15, 0.2) is 33.5 Å². The van der Waals surface area contributed by atoms with Gasteiger partial charge in [0.15, 0.2) is 16.3 Å². The van der Waals surface area contributed by atoms with E-state index in [4.69, 9.17) is 0 Å². The number of hydrogen-bond donors (Lipinski definition) is 0. The highest BCUT2D eigenvalue weighted by molar-refractivity contribution is 7.99. The average molecular weight is 334 g/mol. The highest BCUT2D eigenvalue weighted by Crippen LogP contribution is 2.15. The van der Waals surface area contributed by atoms with Crippen molar-refractivity contribution in [2.75, 3.05) is 5.75 Å². The fourth-order valence-corrected chi connectivity index (χ4v) is 3.33. The lowest BCUT2D eigenvalue weighted by Gasteiger charge is -2.08. The van der Waals surface area contributed by atoms with Crippen LogP contribution in [-0.4, -0.2) is 34.0 Å². The van der Waals surface area contributed by atoms with Crippen molar-refractivity contribution < 1.29 is 0 Å². The summed E-state index contributed by atoms with van der Waals surface area (Å²) in [5.74, 6) is 0.782. The van der Waals surface area contributed by atoms with E-state index >= 15 is 0 Å². The molecule has 3 rings (SSSR count). The van der Waals surface area contributed by atoms with Gasteiger partial charge in [-0.2, -0.15) is 0 Å². The molecule has 0 fully saturated rings. The van der Waals surface area contributed by atoms with Gasteiger partial charge in [-0.3, -0.25) is 13.9 Å². The smallest absolute Gasteiger partial charge is 0.329 e. The summed E-state index contributed by atoms with van der Waals surface area (Å²) in [6, 6.07) is 0. The van der Waals surface area contributed by atoms with E-state index in [1.807, 2.05) is 17.8 Å². The molecule has 122 valence electrons. The van der Waals surface area contributed by atoms with Crippen molar-refractivity contribution in [3.8, 4) is 0 Å². The fourth-order valence-electron chi connectivity index (χ4n) is 2.47. The summed E-state index contributed by atoms with van der Waals surface area (Å²) in [5.41, 5.74) is 0.248. The van der Waals surface area contributed by atoms with Crippen LogP contribution in [0.2, 0.25) is 0 Å². The van der Waals surface area contributed by atoms with Crippen LogP contribution >= 0.6 is 11.8 Å². The number of thioether (sulfide) groups is 1. The third kappa shape index (κ3) is 2.72. The lowest BCUT2D eigenvalue weighted by Crippen LogP contribution is -2.39. The lowest BCUT2D eigenvalue weighted by atomic mass is 10.4. The Hall–Kier alpha value is -2.29. The fraction of sp³-hybridized carbons (Fsp3) is 0.429. The Balaban J connectivity index is 1.80. The van der Waals surface area contributed by atoms with Crippen molar-refractivity contribution in [1.29, 1.82) is 0 Å². The Labute approximate surface area is 136 Å². The van der Waals surface area contributed by atoms with Gasteiger partial charge in [0, 0.05) is 45.8 Å². The highest BCUT2D eigenvalue weighted by atomic mass is 32.2. The van der Waals surface area contributed by atoms with Crippen LogP contribution in [0.25, 0.3) is 11.2 Å². The molecule has 0 aliphatic heterocycles. The molecule has 9 heteroatoms. The quantitative estimate of drug-likeness (QED) is 0.497. The van der Waals surface area contributed by atoms with E-state index in [2.05, 4.69) is 9.97 Å². The molecule has 0 bridgehead atoms. The zero-order valence-corrected chi connectivity index (χ0v) is 14.1. The molecule has 0 spiro atoms. The van der Waals surface area contributed by atoms with Crippen molar-refractivity contribution in [2.45, 2.75) is 18.1 Å². The second-order valence-electron chi connectivity index (χ2n) is 5.35. The van der Waals surface area contributed by atoms with Gasteiger partial charge in [-0.05, 0) is 6.42 Å². The molecule has 0 unspecified atom stereocenters. The van der Waals surface area contributed by atoms with Gasteiger partial charge < -0.3 is 9.13 Å². The van der Waals surface area contributed by atoms with E-state index in [1.54, 1.807) is 42.9 Å². The second-order valence-corrected chi connectivity index (χ2v) is 6.41. The first kappa shape index (κ1) is 15.6. The zero-order valence-electron chi connectivity index (χ0n) is 13.3. The van der Waals surface area contributed by atoms with Crippen LogP contribution in [0.5, 0.6) is 0 Å². The summed E-state index contributed by atoms with van der Waals surface area (Å²) in [4.78, 5) is 33.2. The van der Waals surface area contributed by atoms with Gasteiger partial charge in [-0.25, -0.2) is 14.8 Å². The standard InChI is InChI=1S/C14H18N6O2S/c1-17-7-5-15-13(17)23-8-4-6-20-12(21)10-11(16-9-18(10)2)19(3)14(20)22/h5,7,9H,4,6,8H2,1-3H3. The van der Waals surface area contributed by atoms with Crippen LogP contribution in [0, 0.1) is 0 Å². The summed E-state index contributed by atoms with van der Waals surface area (Å²) >= 11 is 1.61. The van der Waals surface area contributed by atoms with Crippen LogP contribution in [0.1, 0.15) is 6.42 Å². The lowest BCUT2D eigenvalue weighted by molar-refractivity contribution is 0.594. The van der Waals surface area contributed by atoms with E-state index in [-0.39, 0.29) is 11.2 Å². The van der Waals surface area contributed by atoms with E-state index in [0.29, 0.717) is 24.1 Å². The van der Waals surface area contributed by atoms with Crippen LogP contribution in [0.3, 0.4) is 0 Å². The van der Waals surface area contributed by atoms with Crippen LogP contribution in [-0.2, 0) is 27.7 Å². The van der Waals surface area contributed by atoms with E-state index in [9.17, 15) is 9.59 Å². The molecule has 0 saturated carbocycles. The molecule has 0 amide bonds. The first-order valence-corrected chi connectivity index (χ1v) is 8.20. The minimum absolute atomic E-state index is 0.287. The van der Waals surface area contributed by atoms with E-state index < -0.39 is 0 Å². The van der Waals surface area contributed by atoms with E-state index in [0.717, 1.165) is 10.9 Å². The molecule has 0 aliphatic rings. The number of imidazole rings is 2. The Morgan fingerprint density at radius 2 is 1.91 bits per heavy atom. The van der Waals surface area contributed by atoms with Gasteiger partial charge >= 0.3 is 5.69 Å². The molecule has 0 atom stereocenters. The molecule has 3 aromatic rings. The summed E-state index contributed by atoms with van der Waals surface area (Å²) in [6.07, 6.45) is 5.89. The molecular formula is C14H18N6O2S. The minimum Gasteiger partial charge on any atom is -0.329 e. The maximum absolute atomic E-state index is 12.5. The van der Waals surface area contributed by atoms with Gasteiger partial charge in [0.05, 0.1) is 6.33 Å².